The first kappa shape index (κ1) is 17.6. The van der Waals surface area contributed by atoms with E-state index in [9.17, 15) is 14.4 Å². The Labute approximate surface area is 128 Å². The molecular weight excluding hydrogens is 286 g/mol. The third kappa shape index (κ3) is 5.53. The largest absolute Gasteiger partial charge is 0.480 e. The molecule has 0 heterocycles. The van der Waals surface area contributed by atoms with Gasteiger partial charge in [-0.1, -0.05) is 30.3 Å². The van der Waals surface area contributed by atoms with Gasteiger partial charge in [0.05, 0.1) is 6.04 Å². The number of rotatable bonds is 7. The number of carbonyl (C=O) groups is 3. The molecule has 3 atom stereocenters. The summed E-state index contributed by atoms with van der Waals surface area (Å²) in [5.41, 5.74) is 6.73. The molecule has 0 aliphatic heterocycles. The number of carboxylic acid groups (broad SMARTS) is 1. The molecule has 1 rings (SSSR count). The fourth-order valence-electron chi connectivity index (χ4n) is 1.75. The molecule has 0 fully saturated rings. The van der Waals surface area contributed by atoms with E-state index in [1.165, 1.54) is 13.8 Å². The van der Waals surface area contributed by atoms with E-state index >= 15 is 0 Å². The standard InChI is InChI=1S/C15H21N3O4/c1-9(13(19)18-10(2)15(21)22)17-14(20)12(16)8-11-6-4-3-5-7-11/h3-7,9-10,12H,8,16H2,1-2H3,(H,17,20)(H,18,19)(H,21,22)/t9-,10-,12-/m0/s1. The van der Waals surface area contributed by atoms with Gasteiger partial charge in [-0.25, -0.2) is 0 Å². The number of hydrogen-bond acceptors (Lipinski definition) is 4. The number of aliphatic carboxylic acids is 1. The Bertz CT molecular complexity index is 533. The van der Waals surface area contributed by atoms with Crippen molar-refractivity contribution in [3.05, 3.63) is 35.9 Å². The number of nitrogens with one attached hydrogen (secondary N) is 2. The Morgan fingerprint density at radius 2 is 1.59 bits per heavy atom. The molecule has 0 saturated heterocycles. The van der Waals surface area contributed by atoms with E-state index in [1.807, 2.05) is 30.3 Å². The van der Waals surface area contributed by atoms with Crippen molar-refractivity contribution in [1.82, 2.24) is 10.6 Å². The molecule has 7 nitrogen and oxygen atoms in total. The third-order valence-corrected chi connectivity index (χ3v) is 3.12. The van der Waals surface area contributed by atoms with Crippen LogP contribution in [0.25, 0.3) is 0 Å². The highest BCUT2D eigenvalue weighted by atomic mass is 16.4. The topological polar surface area (TPSA) is 122 Å². The van der Waals surface area contributed by atoms with Crippen molar-refractivity contribution in [3.63, 3.8) is 0 Å². The second-order valence-corrected chi connectivity index (χ2v) is 5.10. The van der Waals surface area contributed by atoms with E-state index in [1.54, 1.807) is 0 Å². The van der Waals surface area contributed by atoms with Crippen LogP contribution in [0.5, 0.6) is 0 Å². The van der Waals surface area contributed by atoms with Crippen molar-refractivity contribution in [2.24, 2.45) is 5.73 Å². The zero-order valence-electron chi connectivity index (χ0n) is 12.6. The predicted octanol–water partition coefficient (Wildman–Crippen LogP) is -0.350. The van der Waals surface area contributed by atoms with Crippen LogP contribution in [-0.4, -0.2) is 41.0 Å². The fourth-order valence-corrected chi connectivity index (χ4v) is 1.75. The lowest BCUT2D eigenvalue weighted by atomic mass is 10.1. The first-order chi connectivity index (χ1) is 10.3. The van der Waals surface area contributed by atoms with Crippen LogP contribution < -0.4 is 16.4 Å². The summed E-state index contributed by atoms with van der Waals surface area (Å²) in [6.45, 7) is 2.81. The van der Waals surface area contributed by atoms with Gasteiger partial charge in [0.25, 0.3) is 0 Å². The van der Waals surface area contributed by atoms with Crippen LogP contribution in [-0.2, 0) is 20.8 Å². The molecule has 5 N–H and O–H groups in total. The minimum atomic E-state index is -1.15. The number of hydrogen-bond donors (Lipinski definition) is 4. The molecule has 1 aromatic rings. The highest BCUT2D eigenvalue weighted by molar-refractivity contribution is 5.91. The lowest BCUT2D eigenvalue weighted by Gasteiger charge is -2.18. The first-order valence-corrected chi connectivity index (χ1v) is 6.94. The maximum Gasteiger partial charge on any atom is 0.325 e. The summed E-state index contributed by atoms with van der Waals surface area (Å²) in [4.78, 5) is 34.4. The number of benzene rings is 1. The highest BCUT2D eigenvalue weighted by Crippen LogP contribution is 2.02. The van der Waals surface area contributed by atoms with Gasteiger partial charge in [0.2, 0.25) is 11.8 Å². The van der Waals surface area contributed by atoms with E-state index in [4.69, 9.17) is 10.8 Å². The zero-order valence-corrected chi connectivity index (χ0v) is 12.6. The van der Waals surface area contributed by atoms with Crippen LogP contribution in [0.1, 0.15) is 19.4 Å². The first-order valence-electron chi connectivity index (χ1n) is 6.94. The molecule has 0 spiro atoms. The summed E-state index contributed by atoms with van der Waals surface area (Å²) in [7, 11) is 0. The third-order valence-electron chi connectivity index (χ3n) is 3.12. The normalized spacial score (nSPS) is 14.5. The van der Waals surface area contributed by atoms with E-state index in [0.29, 0.717) is 6.42 Å². The molecule has 22 heavy (non-hydrogen) atoms. The number of nitrogens with two attached hydrogens (primary N) is 1. The number of carbonyl (C=O) groups excluding carboxylic acids is 2. The summed E-state index contributed by atoms with van der Waals surface area (Å²) in [6.07, 6.45) is 0.354. The Morgan fingerprint density at radius 1 is 1.05 bits per heavy atom. The van der Waals surface area contributed by atoms with E-state index < -0.39 is 35.9 Å². The summed E-state index contributed by atoms with van der Waals surface area (Å²) in [6, 6.07) is 6.61. The summed E-state index contributed by atoms with van der Waals surface area (Å²) < 4.78 is 0. The molecule has 0 bridgehead atoms. The highest BCUT2D eigenvalue weighted by Gasteiger charge is 2.22. The van der Waals surface area contributed by atoms with Gasteiger partial charge < -0.3 is 21.5 Å². The quantitative estimate of drug-likeness (QED) is 0.548. The van der Waals surface area contributed by atoms with Crippen LogP contribution >= 0.6 is 0 Å². The molecule has 0 aliphatic carbocycles. The maximum atomic E-state index is 11.9. The fraction of sp³-hybridized carbons (Fsp3) is 0.400. The predicted molar refractivity (Wildman–Crippen MR) is 81.0 cm³/mol. The molecule has 0 radical (unpaired) electrons. The Hall–Kier alpha value is -2.41. The summed E-state index contributed by atoms with van der Waals surface area (Å²) in [5, 5.41) is 13.5. The Balaban J connectivity index is 2.49. The van der Waals surface area contributed by atoms with Gasteiger partial charge in [-0.2, -0.15) is 0 Å². The molecular formula is C15H21N3O4. The molecule has 2 amide bonds. The average molecular weight is 307 g/mol. The van der Waals surface area contributed by atoms with Crippen molar-refractivity contribution in [2.45, 2.75) is 38.4 Å². The van der Waals surface area contributed by atoms with Crippen molar-refractivity contribution >= 4 is 17.8 Å². The molecule has 120 valence electrons. The lowest BCUT2D eigenvalue weighted by Crippen LogP contribution is -2.53. The number of amides is 2. The van der Waals surface area contributed by atoms with Gasteiger partial charge in [0.1, 0.15) is 12.1 Å². The van der Waals surface area contributed by atoms with Gasteiger partial charge >= 0.3 is 5.97 Å². The van der Waals surface area contributed by atoms with E-state index in [-0.39, 0.29) is 0 Å². The zero-order chi connectivity index (χ0) is 16.7. The Kier molecular flexibility index (Phi) is 6.52. The van der Waals surface area contributed by atoms with Crippen molar-refractivity contribution in [3.8, 4) is 0 Å². The van der Waals surface area contributed by atoms with Crippen molar-refractivity contribution in [1.29, 1.82) is 0 Å². The molecule has 1 aromatic carbocycles. The second-order valence-electron chi connectivity index (χ2n) is 5.10. The van der Waals surface area contributed by atoms with Gasteiger partial charge in [-0.15, -0.1) is 0 Å². The van der Waals surface area contributed by atoms with Gasteiger partial charge in [-0.05, 0) is 25.8 Å². The minimum Gasteiger partial charge on any atom is -0.480 e. The molecule has 7 heteroatoms. The smallest absolute Gasteiger partial charge is 0.325 e. The van der Waals surface area contributed by atoms with Crippen molar-refractivity contribution in [2.75, 3.05) is 0 Å². The maximum absolute atomic E-state index is 11.9. The molecule has 0 saturated carbocycles. The summed E-state index contributed by atoms with van der Waals surface area (Å²) >= 11 is 0. The summed E-state index contributed by atoms with van der Waals surface area (Å²) in [5.74, 6) is -2.18. The van der Waals surface area contributed by atoms with Crippen LogP contribution in [0.3, 0.4) is 0 Å². The van der Waals surface area contributed by atoms with Crippen LogP contribution in [0, 0.1) is 0 Å². The van der Waals surface area contributed by atoms with Crippen LogP contribution in [0.4, 0.5) is 0 Å². The average Bonchev–Trinajstić information content (AvgIpc) is 2.47. The SMILES string of the molecule is C[C@H](NC(=O)[C@H](C)NC(=O)[C@@H](N)Cc1ccccc1)C(=O)O. The molecule has 0 aromatic heterocycles. The molecule has 0 aliphatic rings. The molecule has 0 unspecified atom stereocenters. The second kappa shape index (κ2) is 8.14. The minimum absolute atomic E-state index is 0.354. The van der Waals surface area contributed by atoms with Crippen LogP contribution in [0.15, 0.2) is 30.3 Å². The lowest BCUT2D eigenvalue weighted by molar-refractivity contribution is -0.141. The van der Waals surface area contributed by atoms with E-state index in [0.717, 1.165) is 5.56 Å². The van der Waals surface area contributed by atoms with Crippen LogP contribution in [0.2, 0.25) is 0 Å². The van der Waals surface area contributed by atoms with Gasteiger partial charge in [0, 0.05) is 0 Å². The van der Waals surface area contributed by atoms with Gasteiger partial charge in [-0.3, -0.25) is 14.4 Å². The Morgan fingerprint density at radius 3 is 2.14 bits per heavy atom. The monoisotopic (exact) mass is 307 g/mol. The van der Waals surface area contributed by atoms with Crippen molar-refractivity contribution < 1.29 is 19.5 Å². The van der Waals surface area contributed by atoms with E-state index in [2.05, 4.69) is 10.6 Å². The number of carboxylic acids is 1. The van der Waals surface area contributed by atoms with Gasteiger partial charge in [0.15, 0.2) is 0 Å².